The first-order valence-corrected chi connectivity index (χ1v) is 11.8. The van der Waals surface area contributed by atoms with Gasteiger partial charge in [0, 0.05) is 4.88 Å². The number of aryl methyl sites for hydroxylation is 3. The Balaban J connectivity index is 1.52. The van der Waals surface area contributed by atoms with Gasteiger partial charge in [0.15, 0.2) is 0 Å². The Morgan fingerprint density at radius 2 is 1.94 bits per heavy atom. The molecule has 174 valence electrons. The van der Waals surface area contributed by atoms with Crippen LogP contribution in [0, 0.1) is 13.8 Å². The Morgan fingerprint density at radius 3 is 2.67 bits per heavy atom. The van der Waals surface area contributed by atoms with E-state index in [0.29, 0.717) is 16.1 Å². The third kappa shape index (κ3) is 4.01. The summed E-state index contributed by atoms with van der Waals surface area (Å²) < 4.78 is 5.11. The molecule has 2 heterocycles. The van der Waals surface area contributed by atoms with Crippen molar-refractivity contribution in [3.8, 4) is 0 Å². The fourth-order valence-electron chi connectivity index (χ4n) is 4.39. The largest absolute Gasteiger partial charge is 0.462 e. The smallest absolute Gasteiger partial charge is 0.341 e. The van der Waals surface area contributed by atoms with Gasteiger partial charge in [-0.3, -0.25) is 14.5 Å². The van der Waals surface area contributed by atoms with Crippen molar-refractivity contribution in [1.82, 2.24) is 10.2 Å². The molecule has 1 aromatic heterocycles. The second-order valence-corrected chi connectivity index (χ2v) is 9.76. The average molecular weight is 470 g/mol. The number of esters is 1. The number of carbonyl (C=O) groups is 4. The van der Waals surface area contributed by atoms with Crippen molar-refractivity contribution in [2.75, 3.05) is 18.5 Å². The topological polar surface area (TPSA) is 105 Å². The van der Waals surface area contributed by atoms with Crippen molar-refractivity contribution < 1.29 is 23.9 Å². The number of imide groups is 1. The summed E-state index contributed by atoms with van der Waals surface area (Å²) in [6.07, 6.45) is 3.06. The molecule has 2 N–H and O–H groups in total. The van der Waals surface area contributed by atoms with Crippen molar-refractivity contribution in [2.24, 2.45) is 0 Å². The molecule has 0 bridgehead atoms. The molecule has 4 amide bonds. The molecule has 0 saturated carbocycles. The minimum absolute atomic E-state index is 0.213. The molecule has 9 heteroatoms. The number of fused-ring (bicyclic) bond motifs is 1. The molecule has 2 aliphatic rings. The molecule has 1 atom stereocenters. The van der Waals surface area contributed by atoms with E-state index in [1.165, 1.54) is 22.5 Å². The number of amides is 4. The lowest BCUT2D eigenvalue weighted by atomic mass is 9.89. The van der Waals surface area contributed by atoms with Gasteiger partial charge in [0.1, 0.15) is 17.1 Å². The summed E-state index contributed by atoms with van der Waals surface area (Å²) in [5.74, 6) is -1.57. The summed E-state index contributed by atoms with van der Waals surface area (Å²) in [7, 11) is 0. The summed E-state index contributed by atoms with van der Waals surface area (Å²) >= 11 is 1.25. The van der Waals surface area contributed by atoms with Crippen LogP contribution in [0.1, 0.15) is 57.8 Å². The standard InChI is InChI=1S/C24H27N3O5S/c1-5-32-21(29)19-13(2)14(3)33-20(19)25-18(28)12-27-22(30)24(4,26-23(27)31)17-10-9-15-7-6-8-16(15)11-17/h9-11H,5-8,12H2,1-4H3,(H,25,28)(H,26,31). The van der Waals surface area contributed by atoms with Crippen molar-refractivity contribution in [3.05, 3.63) is 50.9 Å². The lowest BCUT2D eigenvalue weighted by Gasteiger charge is -2.23. The first-order chi connectivity index (χ1) is 15.7. The van der Waals surface area contributed by atoms with E-state index < -0.39 is 35.9 Å². The van der Waals surface area contributed by atoms with Crippen LogP contribution in [-0.4, -0.2) is 41.9 Å². The number of hydrogen-bond donors (Lipinski definition) is 2. The molecule has 1 aromatic carbocycles. The molecule has 1 saturated heterocycles. The minimum atomic E-state index is -1.23. The van der Waals surface area contributed by atoms with Gasteiger partial charge in [-0.25, -0.2) is 9.59 Å². The predicted molar refractivity (Wildman–Crippen MR) is 124 cm³/mol. The number of anilines is 1. The zero-order valence-corrected chi connectivity index (χ0v) is 20.0. The van der Waals surface area contributed by atoms with Crippen molar-refractivity contribution in [1.29, 1.82) is 0 Å². The highest BCUT2D eigenvalue weighted by atomic mass is 32.1. The first-order valence-electron chi connectivity index (χ1n) is 11.0. The highest BCUT2D eigenvalue weighted by Gasteiger charge is 2.49. The van der Waals surface area contributed by atoms with Crippen molar-refractivity contribution in [2.45, 2.75) is 52.5 Å². The van der Waals surface area contributed by atoms with Gasteiger partial charge in [-0.2, -0.15) is 0 Å². The van der Waals surface area contributed by atoms with E-state index in [4.69, 9.17) is 4.74 Å². The maximum Gasteiger partial charge on any atom is 0.341 e. The Bertz CT molecular complexity index is 1170. The minimum Gasteiger partial charge on any atom is -0.462 e. The van der Waals surface area contributed by atoms with Crippen LogP contribution < -0.4 is 10.6 Å². The van der Waals surface area contributed by atoms with Gasteiger partial charge in [-0.1, -0.05) is 18.2 Å². The first kappa shape index (κ1) is 23.0. The third-order valence-corrected chi connectivity index (χ3v) is 7.49. The normalized spacial score (nSPS) is 19.5. The lowest BCUT2D eigenvalue weighted by molar-refractivity contribution is -0.133. The highest BCUT2D eigenvalue weighted by molar-refractivity contribution is 7.16. The van der Waals surface area contributed by atoms with Gasteiger partial charge in [0.2, 0.25) is 5.91 Å². The van der Waals surface area contributed by atoms with Gasteiger partial charge >= 0.3 is 12.0 Å². The Morgan fingerprint density at radius 1 is 1.21 bits per heavy atom. The van der Waals surface area contributed by atoms with Crippen LogP contribution in [0.15, 0.2) is 18.2 Å². The van der Waals surface area contributed by atoms with Crippen LogP contribution >= 0.6 is 11.3 Å². The second-order valence-electron chi connectivity index (χ2n) is 8.54. The number of rotatable bonds is 6. The number of thiophene rings is 1. The summed E-state index contributed by atoms with van der Waals surface area (Å²) in [6, 6.07) is 5.24. The predicted octanol–water partition coefficient (Wildman–Crippen LogP) is 3.44. The molecule has 0 radical (unpaired) electrons. The van der Waals surface area contributed by atoms with Crippen LogP contribution in [0.2, 0.25) is 0 Å². The molecule has 4 rings (SSSR count). The highest BCUT2D eigenvalue weighted by Crippen LogP contribution is 2.34. The lowest BCUT2D eigenvalue weighted by Crippen LogP contribution is -2.42. The molecular weight excluding hydrogens is 442 g/mol. The van der Waals surface area contributed by atoms with E-state index in [-0.39, 0.29) is 6.61 Å². The zero-order valence-electron chi connectivity index (χ0n) is 19.2. The average Bonchev–Trinajstić information content (AvgIpc) is 3.40. The van der Waals surface area contributed by atoms with Gasteiger partial charge in [0.25, 0.3) is 5.91 Å². The summed E-state index contributed by atoms with van der Waals surface area (Å²) in [5, 5.41) is 5.79. The molecular formula is C24H27N3O5S. The molecule has 2 aromatic rings. The van der Waals surface area contributed by atoms with Crippen LogP contribution in [0.3, 0.4) is 0 Å². The van der Waals surface area contributed by atoms with Gasteiger partial charge in [0.05, 0.1) is 12.2 Å². The summed E-state index contributed by atoms with van der Waals surface area (Å²) in [4.78, 5) is 52.8. The maximum atomic E-state index is 13.2. The second kappa shape index (κ2) is 8.62. The maximum absolute atomic E-state index is 13.2. The number of hydrogen-bond acceptors (Lipinski definition) is 6. The number of carbonyl (C=O) groups excluding carboxylic acids is 4. The van der Waals surface area contributed by atoms with Crippen LogP contribution in [0.25, 0.3) is 0 Å². The monoisotopic (exact) mass is 469 g/mol. The van der Waals surface area contributed by atoms with E-state index in [1.807, 2.05) is 25.1 Å². The van der Waals surface area contributed by atoms with E-state index in [9.17, 15) is 19.2 Å². The van der Waals surface area contributed by atoms with Gasteiger partial charge < -0.3 is 15.4 Å². The number of ether oxygens (including phenoxy) is 1. The third-order valence-electron chi connectivity index (χ3n) is 6.37. The molecule has 1 aliphatic heterocycles. The summed E-state index contributed by atoms with van der Waals surface area (Å²) in [6.45, 7) is 6.76. The Hall–Kier alpha value is -3.20. The fourth-order valence-corrected chi connectivity index (χ4v) is 5.46. The Labute approximate surface area is 196 Å². The molecule has 33 heavy (non-hydrogen) atoms. The SMILES string of the molecule is CCOC(=O)c1c(NC(=O)CN2C(=O)NC(C)(c3ccc4c(c3)CCC4)C2=O)sc(C)c1C. The number of urea groups is 1. The number of benzene rings is 1. The van der Waals surface area contributed by atoms with E-state index in [0.717, 1.165) is 34.6 Å². The van der Waals surface area contributed by atoms with Crippen LogP contribution in [0.5, 0.6) is 0 Å². The van der Waals surface area contributed by atoms with E-state index in [1.54, 1.807) is 20.8 Å². The molecule has 1 unspecified atom stereocenters. The summed E-state index contributed by atoms with van der Waals surface area (Å²) in [5.41, 5.74) is 2.97. The number of nitrogens with one attached hydrogen (secondary N) is 2. The van der Waals surface area contributed by atoms with E-state index >= 15 is 0 Å². The van der Waals surface area contributed by atoms with Crippen molar-refractivity contribution >= 4 is 40.2 Å². The Kier molecular flexibility index (Phi) is 6.00. The fraction of sp³-hybridized carbons (Fsp3) is 0.417. The molecule has 1 aliphatic carbocycles. The quantitative estimate of drug-likeness (QED) is 0.498. The zero-order chi connectivity index (χ0) is 23.9. The van der Waals surface area contributed by atoms with E-state index in [2.05, 4.69) is 10.6 Å². The van der Waals surface area contributed by atoms with Gasteiger partial charge in [-0.05, 0) is 69.2 Å². The number of nitrogens with zero attached hydrogens (tertiary/aromatic N) is 1. The molecule has 0 spiro atoms. The van der Waals surface area contributed by atoms with Crippen molar-refractivity contribution in [3.63, 3.8) is 0 Å². The van der Waals surface area contributed by atoms with Gasteiger partial charge in [-0.15, -0.1) is 11.3 Å². The molecule has 1 fully saturated rings. The van der Waals surface area contributed by atoms with Crippen LogP contribution in [0.4, 0.5) is 9.80 Å². The molecule has 8 nitrogen and oxygen atoms in total. The van der Waals surface area contributed by atoms with Crippen LogP contribution in [-0.2, 0) is 32.7 Å².